The van der Waals surface area contributed by atoms with Gasteiger partial charge in [0.2, 0.25) is 0 Å². The maximum Gasteiger partial charge on any atom is 0.401 e. The van der Waals surface area contributed by atoms with Crippen LogP contribution in [-0.2, 0) is 6.42 Å². The number of likely N-dealkylation sites (tertiary alicyclic amines) is 1. The van der Waals surface area contributed by atoms with Gasteiger partial charge in [-0.05, 0) is 51.3 Å². The largest absolute Gasteiger partial charge is 0.490 e. The molecule has 30 heavy (non-hydrogen) atoms. The molecule has 0 spiro atoms. The minimum atomic E-state index is -4.16. The number of aliphatic imine (C=N–C) groups is 1. The molecule has 170 valence electrons. The van der Waals surface area contributed by atoms with Gasteiger partial charge in [-0.1, -0.05) is 6.07 Å². The Morgan fingerprint density at radius 1 is 1.17 bits per heavy atom. The number of hydrogen-bond acceptors (Lipinski definition) is 4. The van der Waals surface area contributed by atoms with Crippen LogP contribution in [0.3, 0.4) is 0 Å². The first-order valence-electron chi connectivity index (χ1n) is 10.6. The fraction of sp³-hybridized carbons (Fsp3) is 0.667. The van der Waals surface area contributed by atoms with Crippen molar-refractivity contribution in [3.63, 3.8) is 0 Å². The molecule has 9 heteroatoms. The van der Waals surface area contributed by atoms with Gasteiger partial charge in [-0.15, -0.1) is 0 Å². The number of halogens is 3. The number of rotatable bonds is 10. The minimum Gasteiger partial charge on any atom is -0.490 e. The van der Waals surface area contributed by atoms with Gasteiger partial charge >= 0.3 is 6.18 Å². The van der Waals surface area contributed by atoms with Gasteiger partial charge in [-0.2, -0.15) is 13.2 Å². The average Bonchev–Trinajstić information content (AvgIpc) is 3.09. The summed E-state index contributed by atoms with van der Waals surface area (Å²) in [5, 5.41) is 6.43. The van der Waals surface area contributed by atoms with Crippen molar-refractivity contribution in [2.24, 2.45) is 4.99 Å². The normalized spacial score (nSPS) is 17.8. The van der Waals surface area contributed by atoms with Crippen molar-refractivity contribution in [2.75, 3.05) is 45.9 Å². The lowest BCUT2D eigenvalue weighted by atomic mass is 10.1. The third-order valence-corrected chi connectivity index (χ3v) is 4.64. The van der Waals surface area contributed by atoms with E-state index in [9.17, 15) is 13.2 Å². The fourth-order valence-electron chi connectivity index (χ4n) is 3.41. The lowest BCUT2D eigenvalue weighted by Gasteiger charge is -2.19. The van der Waals surface area contributed by atoms with Gasteiger partial charge in [-0.25, -0.2) is 0 Å². The molecular formula is C21H33F3N4O2. The van der Waals surface area contributed by atoms with Crippen LogP contribution in [0, 0.1) is 0 Å². The minimum absolute atomic E-state index is 0.0415. The molecule has 1 aromatic carbocycles. The second-order valence-electron chi connectivity index (χ2n) is 7.14. The van der Waals surface area contributed by atoms with Crippen LogP contribution in [0.25, 0.3) is 0 Å². The van der Waals surface area contributed by atoms with Crippen LogP contribution in [0.2, 0.25) is 0 Å². The summed E-state index contributed by atoms with van der Waals surface area (Å²) >= 11 is 0. The van der Waals surface area contributed by atoms with E-state index in [-0.39, 0.29) is 6.04 Å². The molecule has 2 rings (SSSR count). The molecule has 0 amide bonds. The second-order valence-corrected chi connectivity index (χ2v) is 7.14. The standard InChI is InChI=1S/C21H33F3N4O2/c1-4-25-20(27-17-10-12-28(14-17)15-21(22,23)24)26-11-9-16-7-8-18(29-5-2)19(13-16)30-6-3/h7-8,13,17H,4-6,9-12,14-15H2,1-3H3,(H2,25,26,27). The molecule has 2 N–H and O–H groups in total. The van der Waals surface area contributed by atoms with Crippen molar-refractivity contribution < 1.29 is 22.6 Å². The van der Waals surface area contributed by atoms with Crippen LogP contribution in [0.1, 0.15) is 32.8 Å². The van der Waals surface area contributed by atoms with E-state index in [1.165, 1.54) is 4.90 Å². The molecule has 1 aliphatic rings. The summed E-state index contributed by atoms with van der Waals surface area (Å²) in [6, 6.07) is 5.83. The van der Waals surface area contributed by atoms with Crippen molar-refractivity contribution in [3.05, 3.63) is 23.8 Å². The quantitative estimate of drug-likeness (QED) is 0.441. The molecule has 0 aromatic heterocycles. The van der Waals surface area contributed by atoms with Gasteiger partial charge < -0.3 is 20.1 Å². The molecular weight excluding hydrogens is 397 g/mol. The first-order valence-corrected chi connectivity index (χ1v) is 10.6. The Labute approximate surface area is 176 Å². The highest BCUT2D eigenvalue weighted by molar-refractivity contribution is 5.80. The maximum atomic E-state index is 12.6. The summed E-state index contributed by atoms with van der Waals surface area (Å²) < 4.78 is 49.0. The highest BCUT2D eigenvalue weighted by atomic mass is 19.4. The van der Waals surface area contributed by atoms with E-state index in [1.807, 2.05) is 39.0 Å². The van der Waals surface area contributed by atoms with E-state index in [4.69, 9.17) is 9.47 Å². The molecule has 6 nitrogen and oxygen atoms in total. The summed E-state index contributed by atoms with van der Waals surface area (Å²) in [6.45, 7) is 8.12. The number of nitrogens with one attached hydrogen (secondary N) is 2. The Hall–Kier alpha value is -2.16. The van der Waals surface area contributed by atoms with E-state index in [0.29, 0.717) is 58.2 Å². The zero-order valence-corrected chi connectivity index (χ0v) is 18.0. The first-order chi connectivity index (χ1) is 14.3. The van der Waals surface area contributed by atoms with Crippen LogP contribution >= 0.6 is 0 Å². The third kappa shape index (κ3) is 8.30. The van der Waals surface area contributed by atoms with Gasteiger partial charge in [0.1, 0.15) is 0 Å². The van der Waals surface area contributed by atoms with Crippen LogP contribution in [0.4, 0.5) is 13.2 Å². The van der Waals surface area contributed by atoms with Crippen molar-refractivity contribution >= 4 is 5.96 Å². The number of guanidine groups is 1. The first kappa shape index (κ1) is 24.1. The average molecular weight is 431 g/mol. The van der Waals surface area contributed by atoms with Gasteiger partial charge in [0.25, 0.3) is 0 Å². The van der Waals surface area contributed by atoms with Gasteiger partial charge in [0.15, 0.2) is 17.5 Å². The van der Waals surface area contributed by atoms with E-state index in [0.717, 1.165) is 17.1 Å². The molecule has 0 radical (unpaired) electrons. The number of ether oxygens (including phenoxy) is 2. The van der Waals surface area contributed by atoms with Crippen molar-refractivity contribution in [1.29, 1.82) is 0 Å². The predicted octanol–water partition coefficient (Wildman–Crippen LogP) is 3.22. The molecule has 1 fully saturated rings. The zero-order valence-electron chi connectivity index (χ0n) is 18.0. The fourth-order valence-corrected chi connectivity index (χ4v) is 3.41. The summed E-state index contributed by atoms with van der Waals surface area (Å²) in [6.07, 6.45) is -2.78. The Morgan fingerprint density at radius 2 is 1.90 bits per heavy atom. The Morgan fingerprint density at radius 3 is 2.57 bits per heavy atom. The Balaban J connectivity index is 1.91. The van der Waals surface area contributed by atoms with Crippen LogP contribution in [0.5, 0.6) is 11.5 Å². The smallest absolute Gasteiger partial charge is 0.401 e. The van der Waals surface area contributed by atoms with E-state index in [1.54, 1.807) is 0 Å². The maximum absolute atomic E-state index is 12.6. The van der Waals surface area contributed by atoms with Crippen molar-refractivity contribution in [1.82, 2.24) is 15.5 Å². The predicted molar refractivity (Wildman–Crippen MR) is 112 cm³/mol. The SMILES string of the molecule is CCNC(=NCCc1ccc(OCC)c(OCC)c1)NC1CCN(CC(F)(F)F)C1. The van der Waals surface area contributed by atoms with Crippen LogP contribution < -0.4 is 20.1 Å². The van der Waals surface area contributed by atoms with Crippen LogP contribution in [0.15, 0.2) is 23.2 Å². The third-order valence-electron chi connectivity index (χ3n) is 4.64. The number of nitrogens with zero attached hydrogens (tertiary/aromatic N) is 2. The highest BCUT2D eigenvalue weighted by Gasteiger charge is 2.34. The van der Waals surface area contributed by atoms with E-state index >= 15 is 0 Å². The molecule has 1 heterocycles. The molecule has 0 bridgehead atoms. The summed E-state index contributed by atoms with van der Waals surface area (Å²) in [7, 11) is 0. The summed E-state index contributed by atoms with van der Waals surface area (Å²) in [5.41, 5.74) is 1.08. The van der Waals surface area contributed by atoms with Gasteiger partial charge in [0, 0.05) is 32.2 Å². The van der Waals surface area contributed by atoms with E-state index in [2.05, 4.69) is 15.6 Å². The second kappa shape index (κ2) is 11.9. The lowest BCUT2D eigenvalue weighted by molar-refractivity contribution is -0.143. The van der Waals surface area contributed by atoms with Crippen molar-refractivity contribution in [3.8, 4) is 11.5 Å². The molecule has 1 unspecified atom stereocenters. The van der Waals surface area contributed by atoms with Crippen LogP contribution in [-0.4, -0.2) is 69.0 Å². The molecule has 1 aromatic rings. The summed E-state index contributed by atoms with van der Waals surface area (Å²) in [5.74, 6) is 2.08. The molecule has 1 aliphatic heterocycles. The lowest BCUT2D eigenvalue weighted by Crippen LogP contribution is -2.45. The molecule has 0 saturated carbocycles. The summed E-state index contributed by atoms with van der Waals surface area (Å²) in [4.78, 5) is 6.01. The Bertz CT molecular complexity index is 683. The van der Waals surface area contributed by atoms with Gasteiger partial charge in [0.05, 0.1) is 19.8 Å². The number of benzene rings is 1. The number of hydrogen-bond donors (Lipinski definition) is 2. The monoisotopic (exact) mass is 430 g/mol. The van der Waals surface area contributed by atoms with E-state index < -0.39 is 12.7 Å². The number of alkyl halides is 3. The van der Waals surface area contributed by atoms with Gasteiger partial charge in [-0.3, -0.25) is 9.89 Å². The van der Waals surface area contributed by atoms with Crippen molar-refractivity contribution in [2.45, 2.75) is 45.8 Å². The molecule has 1 atom stereocenters. The molecule has 1 saturated heterocycles. The molecule has 0 aliphatic carbocycles. The Kier molecular flexibility index (Phi) is 9.55. The highest BCUT2D eigenvalue weighted by Crippen LogP contribution is 2.28. The zero-order chi connectivity index (χ0) is 22.0. The topological polar surface area (TPSA) is 58.1 Å².